The molecular weight excluding hydrogens is 344 g/mol. The summed E-state index contributed by atoms with van der Waals surface area (Å²) in [5, 5.41) is 0. The van der Waals surface area contributed by atoms with Crippen molar-refractivity contribution in [3.05, 3.63) is 59.0 Å². The third kappa shape index (κ3) is 3.78. The summed E-state index contributed by atoms with van der Waals surface area (Å²) in [5.74, 6) is 0.676. The zero-order valence-corrected chi connectivity index (χ0v) is 15.4. The average Bonchev–Trinajstić information content (AvgIpc) is 3.13. The second kappa shape index (κ2) is 7.36. The number of hydrogen-bond donors (Lipinski definition) is 1. The number of benzene rings is 1. The third-order valence-electron chi connectivity index (χ3n) is 4.84. The molecule has 1 fully saturated rings. The molecule has 0 unspecified atom stereocenters. The Balaban J connectivity index is 1.39. The summed E-state index contributed by atoms with van der Waals surface area (Å²) in [4.78, 5) is 26.1. The number of imidazole rings is 1. The fourth-order valence-corrected chi connectivity index (χ4v) is 3.13. The predicted octanol–water partition coefficient (Wildman–Crippen LogP) is 3.28. The molecule has 1 N–H and O–H groups in total. The maximum absolute atomic E-state index is 12.5. The van der Waals surface area contributed by atoms with E-state index in [1.807, 2.05) is 30.3 Å². The van der Waals surface area contributed by atoms with Crippen molar-refractivity contribution >= 4 is 17.3 Å². The molecule has 1 aromatic carbocycles. The summed E-state index contributed by atoms with van der Waals surface area (Å²) in [7, 11) is 0. The van der Waals surface area contributed by atoms with Gasteiger partial charge in [-0.2, -0.15) is 0 Å². The first-order valence-corrected chi connectivity index (χ1v) is 9.00. The van der Waals surface area contributed by atoms with E-state index in [-0.39, 0.29) is 18.8 Å². The van der Waals surface area contributed by atoms with Gasteiger partial charge in [-0.25, -0.2) is 14.8 Å². The molecule has 1 atom stereocenters. The van der Waals surface area contributed by atoms with Crippen LogP contribution >= 0.6 is 0 Å². The van der Waals surface area contributed by atoms with Crippen LogP contribution < -0.4 is 0 Å². The largest absolute Gasteiger partial charge is 0.445 e. The Labute approximate surface area is 157 Å². The number of rotatable bonds is 3. The summed E-state index contributed by atoms with van der Waals surface area (Å²) < 4.78 is 11.3. The van der Waals surface area contributed by atoms with Gasteiger partial charge in [-0.1, -0.05) is 18.2 Å². The number of aromatic amines is 1. The second-order valence-electron chi connectivity index (χ2n) is 6.78. The Morgan fingerprint density at radius 3 is 3.04 bits per heavy atom. The summed E-state index contributed by atoms with van der Waals surface area (Å²) in [6, 6.07) is 9.84. The highest BCUT2D eigenvalue weighted by Gasteiger charge is 2.28. The molecule has 7 heteroatoms. The van der Waals surface area contributed by atoms with E-state index in [0.717, 1.165) is 11.1 Å². The van der Waals surface area contributed by atoms with E-state index >= 15 is 0 Å². The second-order valence-corrected chi connectivity index (χ2v) is 6.78. The number of morpholine rings is 1. The standard InChI is InChI=1S/C20H22N4O3/c1-13-5-6-15(10-14(13)2)12-27-20(25)24-8-9-26-17(11-24)19-22-16-4-3-7-21-18(16)23-19/h3-7,10,17H,8-9,11-12H2,1-2H3,(H,21,22,23)/t17-/m0/s1. The zero-order chi connectivity index (χ0) is 18.8. The van der Waals surface area contributed by atoms with Crippen molar-refractivity contribution in [1.29, 1.82) is 0 Å². The van der Waals surface area contributed by atoms with Crippen molar-refractivity contribution in [2.75, 3.05) is 19.7 Å². The van der Waals surface area contributed by atoms with Crippen LogP contribution in [-0.4, -0.2) is 45.6 Å². The molecule has 2 aromatic heterocycles. The monoisotopic (exact) mass is 366 g/mol. The molecule has 3 aromatic rings. The molecule has 27 heavy (non-hydrogen) atoms. The van der Waals surface area contributed by atoms with E-state index in [1.54, 1.807) is 11.1 Å². The van der Waals surface area contributed by atoms with Crippen LogP contribution in [0.2, 0.25) is 0 Å². The Hall–Kier alpha value is -2.93. The van der Waals surface area contributed by atoms with Gasteiger partial charge < -0.3 is 19.4 Å². The lowest BCUT2D eigenvalue weighted by molar-refractivity contribution is -0.0330. The van der Waals surface area contributed by atoms with Crippen LogP contribution in [0.1, 0.15) is 28.6 Å². The zero-order valence-electron chi connectivity index (χ0n) is 15.4. The lowest BCUT2D eigenvalue weighted by Crippen LogP contribution is -2.42. The van der Waals surface area contributed by atoms with E-state index in [2.05, 4.69) is 28.8 Å². The Morgan fingerprint density at radius 1 is 1.33 bits per heavy atom. The smallest absolute Gasteiger partial charge is 0.410 e. The maximum Gasteiger partial charge on any atom is 0.410 e. The van der Waals surface area contributed by atoms with Crippen LogP contribution in [0.3, 0.4) is 0 Å². The van der Waals surface area contributed by atoms with Crippen molar-refractivity contribution in [2.45, 2.75) is 26.6 Å². The van der Waals surface area contributed by atoms with E-state index in [1.165, 1.54) is 11.1 Å². The maximum atomic E-state index is 12.5. The lowest BCUT2D eigenvalue weighted by atomic mass is 10.1. The lowest BCUT2D eigenvalue weighted by Gasteiger charge is -2.31. The van der Waals surface area contributed by atoms with Crippen LogP contribution in [-0.2, 0) is 16.1 Å². The van der Waals surface area contributed by atoms with Crippen LogP contribution in [0, 0.1) is 13.8 Å². The van der Waals surface area contributed by atoms with Gasteiger partial charge >= 0.3 is 6.09 Å². The molecule has 1 saturated heterocycles. The molecule has 0 bridgehead atoms. The number of pyridine rings is 1. The molecule has 4 rings (SSSR count). The molecule has 0 radical (unpaired) electrons. The first-order valence-electron chi connectivity index (χ1n) is 9.00. The minimum atomic E-state index is -0.337. The molecule has 0 spiro atoms. The summed E-state index contributed by atoms with van der Waals surface area (Å²) in [6.07, 6.45) is 1.04. The molecule has 7 nitrogen and oxygen atoms in total. The first-order chi connectivity index (χ1) is 13.1. The Bertz CT molecular complexity index is 936. The van der Waals surface area contributed by atoms with E-state index in [0.29, 0.717) is 31.2 Å². The number of carbonyl (C=O) groups is 1. The van der Waals surface area contributed by atoms with E-state index in [4.69, 9.17) is 9.47 Å². The number of H-pyrrole nitrogens is 1. The fraction of sp³-hybridized carbons (Fsp3) is 0.350. The number of ether oxygens (including phenoxy) is 2. The minimum absolute atomic E-state index is 0.260. The van der Waals surface area contributed by atoms with Crippen molar-refractivity contribution in [3.63, 3.8) is 0 Å². The van der Waals surface area contributed by atoms with Crippen molar-refractivity contribution in [3.8, 4) is 0 Å². The summed E-state index contributed by atoms with van der Waals surface area (Å²) in [5.41, 5.74) is 4.89. The number of hydrogen-bond acceptors (Lipinski definition) is 5. The van der Waals surface area contributed by atoms with Crippen LogP contribution in [0.5, 0.6) is 0 Å². The van der Waals surface area contributed by atoms with Gasteiger partial charge in [0.05, 0.1) is 18.7 Å². The van der Waals surface area contributed by atoms with E-state index in [9.17, 15) is 4.79 Å². The van der Waals surface area contributed by atoms with Gasteiger partial charge in [0, 0.05) is 12.7 Å². The molecule has 0 saturated carbocycles. The average molecular weight is 366 g/mol. The Morgan fingerprint density at radius 2 is 2.22 bits per heavy atom. The highest BCUT2D eigenvalue weighted by atomic mass is 16.6. The number of nitrogens with zero attached hydrogens (tertiary/aromatic N) is 3. The number of nitrogens with one attached hydrogen (secondary N) is 1. The fourth-order valence-electron chi connectivity index (χ4n) is 3.13. The number of aryl methyl sites for hydroxylation is 2. The summed E-state index contributed by atoms with van der Waals surface area (Å²) >= 11 is 0. The van der Waals surface area contributed by atoms with Crippen LogP contribution in [0.4, 0.5) is 4.79 Å². The van der Waals surface area contributed by atoms with Crippen molar-refractivity contribution < 1.29 is 14.3 Å². The van der Waals surface area contributed by atoms with Gasteiger partial charge in [0.2, 0.25) is 0 Å². The minimum Gasteiger partial charge on any atom is -0.445 e. The van der Waals surface area contributed by atoms with Crippen molar-refractivity contribution in [1.82, 2.24) is 19.9 Å². The van der Waals surface area contributed by atoms with Gasteiger partial charge in [-0.3, -0.25) is 0 Å². The Kier molecular flexibility index (Phi) is 4.77. The van der Waals surface area contributed by atoms with Crippen LogP contribution in [0.25, 0.3) is 11.2 Å². The van der Waals surface area contributed by atoms with Crippen LogP contribution in [0.15, 0.2) is 36.5 Å². The molecular formula is C20H22N4O3. The first kappa shape index (κ1) is 17.5. The van der Waals surface area contributed by atoms with Gasteiger partial charge in [0.25, 0.3) is 0 Å². The van der Waals surface area contributed by atoms with Crippen molar-refractivity contribution in [2.24, 2.45) is 0 Å². The predicted molar refractivity (Wildman–Crippen MR) is 100 cm³/mol. The normalized spacial score (nSPS) is 17.3. The number of carbonyl (C=O) groups excluding carboxylic acids is 1. The topological polar surface area (TPSA) is 80.3 Å². The quantitative estimate of drug-likeness (QED) is 0.769. The van der Waals surface area contributed by atoms with Gasteiger partial charge in [0.15, 0.2) is 5.65 Å². The van der Waals surface area contributed by atoms with Gasteiger partial charge in [-0.05, 0) is 42.7 Å². The number of aromatic nitrogens is 3. The highest BCUT2D eigenvalue weighted by Crippen LogP contribution is 2.22. The molecule has 140 valence electrons. The summed E-state index contributed by atoms with van der Waals surface area (Å²) in [6.45, 7) is 5.71. The van der Waals surface area contributed by atoms with E-state index < -0.39 is 0 Å². The molecule has 0 aliphatic carbocycles. The third-order valence-corrected chi connectivity index (χ3v) is 4.84. The number of amides is 1. The molecule has 1 amide bonds. The molecule has 3 heterocycles. The molecule has 1 aliphatic rings. The van der Waals surface area contributed by atoms with Gasteiger partial charge in [0.1, 0.15) is 18.5 Å². The van der Waals surface area contributed by atoms with Gasteiger partial charge in [-0.15, -0.1) is 0 Å². The number of fused-ring (bicyclic) bond motifs is 1. The SMILES string of the molecule is Cc1ccc(COC(=O)N2CCO[C@H](c3nc4ncccc4[nH]3)C2)cc1C. The highest BCUT2D eigenvalue weighted by molar-refractivity contribution is 5.70. The molecule has 1 aliphatic heterocycles.